The van der Waals surface area contributed by atoms with Gasteiger partial charge in [0.1, 0.15) is 11.4 Å². The van der Waals surface area contributed by atoms with Crippen molar-refractivity contribution >= 4 is 34.7 Å². The summed E-state index contributed by atoms with van der Waals surface area (Å²) < 4.78 is 5.50. The molecule has 2 aromatic carbocycles. The topological polar surface area (TPSA) is 98.5 Å². The van der Waals surface area contributed by atoms with E-state index in [0.717, 1.165) is 5.56 Å². The molecule has 1 aliphatic rings. The molecule has 0 heterocycles. The van der Waals surface area contributed by atoms with Crippen LogP contribution in [-0.2, 0) is 4.79 Å². The van der Waals surface area contributed by atoms with Crippen molar-refractivity contribution in [3.8, 4) is 5.75 Å². The summed E-state index contributed by atoms with van der Waals surface area (Å²) in [6, 6.07) is 8.99. The highest BCUT2D eigenvalue weighted by atomic mass is 35.5. The lowest BCUT2D eigenvalue weighted by atomic mass is 10.0. The summed E-state index contributed by atoms with van der Waals surface area (Å²) in [7, 11) is 0. The van der Waals surface area contributed by atoms with Gasteiger partial charge in [-0.3, -0.25) is 19.7 Å². The number of fused-ring (bicyclic) bond motifs is 1. The highest BCUT2D eigenvalue weighted by Gasteiger charge is 2.32. The fraction of sp³-hybridized carbons (Fsp3) is 0.222. The number of nitro benzene ring substituents is 1. The number of nitrogens with one attached hydrogen (secondary N) is 1. The molecule has 0 saturated carbocycles. The van der Waals surface area contributed by atoms with E-state index in [4.69, 9.17) is 16.3 Å². The van der Waals surface area contributed by atoms with Crippen LogP contribution in [-0.4, -0.2) is 23.2 Å². The number of rotatable bonds is 5. The lowest BCUT2D eigenvalue weighted by Crippen LogP contribution is -2.21. The second-order valence-electron chi connectivity index (χ2n) is 5.97. The summed E-state index contributed by atoms with van der Waals surface area (Å²) in [6.07, 6.45) is 0.345. The molecule has 134 valence electrons. The first-order valence-electron chi connectivity index (χ1n) is 7.90. The number of amides is 1. The van der Waals surface area contributed by atoms with E-state index < -0.39 is 10.8 Å². The van der Waals surface area contributed by atoms with Gasteiger partial charge in [0.05, 0.1) is 10.5 Å². The number of nitrogens with zero attached hydrogens (tertiary/aromatic N) is 1. The number of Topliss-reactive ketones (excluding diaryl/α,β-unsaturated/α-hetero) is 1. The number of halogens is 1. The lowest BCUT2D eigenvalue weighted by molar-refractivity contribution is -0.383. The first kappa shape index (κ1) is 17.9. The maximum Gasteiger partial charge on any atom is 0.292 e. The van der Waals surface area contributed by atoms with Gasteiger partial charge in [-0.25, -0.2) is 0 Å². The van der Waals surface area contributed by atoms with Crippen LogP contribution in [0.15, 0.2) is 36.4 Å². The standard InChI is InChI=1S/C18H15ClN2O5/c1-10-8-14(22)18-15(7-6-11(19)17(10)18)26-9-16(23)20-12-4-2-3-5-13(12)21(24)25/h2-7,10H,8-9H2,1H3,(H,20,23)/t10-/m0/s1. The Morgan fingerprint density at radius 1 is 1.35 bits per heavy atom. The van der Waals surface area contributed by atoms with Gasteiger partial charge in [-0.05, 0) is 29.7 Å². The van der Waals surface area contributed by atoms with Crippen molar-refractivity contribution in [2.24, 2.45) is 0 Å². The molecule has 1 atom stereocenters. The molecule has 0 aliphatic heterocycles. The van der Waals surface area contributed by atoms with Crippen molar-refractivity contribution in [2.75, 3.05) is 11.9 Å². The molecule has 1 N–H and O–H groups in total. The molecule has 0 fully saturated rings. The monoisotopic (exact) mass is 374 g/mol. The smallest absolute Gasteiger partial charge is 0.292 e. The van der Waals surface area contributed by atoms with Crippen molar-refractivity contribution in [1.82, 2.24) is 0 Å². The molecule has 0 saturated heterocycles. The summed E-state index contributed by atoms with van der Waals surface area (Å²) in [4.78, 5) is 34.7. The van der Waals surface area contributed by atoms with Gasteiger partial charge < -0.3 is 10.1 Å². The highest BCUT2D eigenvalue weighted by Crippen LogP contribution is 2.42. The minimum absolute atomic E-state index is 0.00524. The molecule has 8 heteroatoms. The van der Waals surface area contributed by atoms with Gasteiger partial charge in [0.15, 0.2) is 12.4 Å². The largest absolute Gasteiger partial charge is 0.483 e. The Hall–Kier alpha value is -2.93. The van der Waals surface area contributed by atoms with E-state index in [1.165, 1.54) is 18.2 Å². The zero-order valence-electron chi connectivity index (χ0n) is 13.8. The molecule has 0 radical (unpaired) electrons. The number of carbonyl (C=O) groups is 2. The van der Waals surface area contributed by atoms with Crippen LogP contribution in [0.1, 0.15) is 35.2 Å². The van der Waals surface area contributed by atoms with E-state index in [0.29, 0.717) is 17.0 Å². The summed E-state index contributed by atoms with van der Waals surface area (Å²) in [5, 5.41) is 13.9. The summed E-state index contributed by atoms with van der Waals surface area (Å²) in [6.45, 7) is 1.52. The number of benzene rings is 2. The lowest BCUT2D eigenvalue weighted by Gasteiger charge is -2.12. The van der Waals surface area contributed by atoms with Crippen LogP contribution >= 0.6 is 11.6 Å². The normalized spacial score (nSPS) is 15.5. The van der Waals surface area contributed by atoms with Gasteiger partial charge in [-0.15, -0.1) is 0 Å². The van der Waals surface area contributed by atoms with E-state index in [1.54, 1.807) is 18.2 Å². The first-order valence-corrected chi connectivity index (χ1v) is 8.28. The van der Waals surface area contributed by atoms with E-state index >= 15 is 0 Å². The van der Waals surface area contributed by atoms with E-state index in [9.17, 15) is 19.7 Å². The van der Waals surface area contributed by atoms with Crippen LogP contribution in [0.4, 0.5) is 11.4 Å². The van der Waals surface area contributed by atoms with Gasteiger partial charge in [-0.1, -0.05) is 30.7 Å². The second kappa shape index (κ2) is 7.13. The summed E-state index contributed by atoms with van der Waals surface area (Å²) >= 11 is 6.17. The predicted octanol–water partition coefficient (Wildman–Crippen LogP) is 3.96. The first-order chi connectivity index (χ1) is 12.4. The molecule has 26 heavy (non-hydrogen) atoms. The van der Waals surface area contributed by atoms with Crippen molar-refractivity contribution < 1.29 is 19.2 Å². The van der Waals surface area contributed by atoms with Crippen molar-refractivity contribution in [2.45, 2.75) is 19.3 Å². The fourth-order valence-corrected chi connectivity index (χ4v) is 3.36. The molecule has 0 bridgehead atoms. The molecular formula is C18H15ClN2O5. The average molecular weight is 375 g/mol. The second-order valence-corrected chi connectivity index (χ2v) is 6.38. The zero-order valence-corrected chi connectivity index (χ0v) is 14.6. The number of carbonyl (C=O) groups excluding carboxylic acids is 2. The Morgan fingerprint density at radius 3 is 2.81 bits per heavy atom. The van der Waals surface area contributed by atoms with E-state index in [-0.39, 0.29) is 35.4 Å². The molecule has 0 spiro atoms. The molecule has 7 nitrogen and oxygen atoms in total. The number of para-hydroxylation sites is 2. The molecule has 1 aliphatic carbocycles. The fourth-order valence-electron chi connectivity index (χ4n) is 3.01. The quantitative estimate of drug-likeness (QED) is 0.631. The maximum absolute atomic E-state index is 12.2. The molecule has 0 unspecified atom stereocenters. The summed E-state index contributed by atoms with van der Waals surface area (Å²) in [5.74, 6) is -0.364. The Kier molecular flexibility index (Phi) is 4.90. The van der Waals surface area contributed by atoms with Crippen LogP contribution in [0.5, 0.6) is 5.75 Å². The minimum Gasteiger partial charge on any atom is -0.483 e. The number of ketones is 1. The Morgan fingerprint density at radius 2 is 2.08 bits per heavy atom. The SMILES string of the molecule is C[C@H]1CC(=O)c2c(OCC(=O)Nc3ccccc3[N+](=O)[O-])ccc(Cl)c21. The third-order valence-electron chi connectivity index (χ3n) is 4.15. The number of anilines is 1. The molecule has 0 aromatic heterocycles. The van der Waals surface area contributed by atoms with Crippen LogP contribution in [0, 0.1) is 10.1 Å². The van der Waals surface area contributed by atoms with Crippen LogP contribution in [0.3, 0.4) is 0 Å². The number of nitro groups is 1. The average Bonchev–Trinajstić information content (AvgIpc) is 2.90. The van der Waals surface area contributed by atoms with Crippen molar-refractivity contribution in [3.63, 3.8) is 0 Å². The number of hydrogen-bond donors (Lipinski definition) is 1. The Labute approximate surface area is 154 Å². The molecule has 3 rings (SSSR count). The summed E-state index contributed by atoms with van der Waals surface area (Å²) in [5.41, 5.74) is 1.01. The third kappa shape index (κ3) is 3.39. The number of hydrogen-bond acceptors (Lipinski definition) is 5. The van der Waals surface area contributed by atoms with Gasteiger partial charge >= 0.3 is 0 Å². The Balaban J connectivity index is 1.74. The Bertz CT molecular complexity index is 912. The van der Waals surface area contributed by atoms with Gasteiger partial charge in [0.25, 0.3) is 11.6 Å². The van der Waals surface area contributed by atoms with E-state index in [2.05, 4.69) is 5.32 Å². The molecular weight excluding hydrogens is 360 g/mol. The minimum atomic E-state index is -0.581. The zero-order chi connectivity index (χ0) is 18.8. The maximum atomic E-state index is 12.2. The van der Waals surface area contributed by atoms with Crippen LogP contribution in [0.2, 0.25) is 5.02 Å². The van der Waals surface area contributed by atoms with E-state index in [1.807, 2.05) is 6.92 Å². The molecule has 1 amide bonds. The molecule has 2 aromatic rings. The third-order valence-corrected chi connectivity index (χ3v) is 4.48. The van der Waals surface area contributed by atoms with Gasteiger partial charge in [0, 0.05) is 17.5 Å². The van der Waals surface area contributed by atoms with Crippen LogP contribution in [0.25, 0.3) is 0 Å². The van der Waals surface area contributed by atoms with Gasteiger partial charge in [0.2, 0.25) is 0 Å². The van der Waals surface area contributed by atoms with Crippen molar-refractivity contribution in [1.29, 1.82) is 0 Å². The van der Waals surface area contributed by atoms with Gasteiger partial charge in [-0.2, -0.15) is 0 Å². The van der Waals surface area contributed by atoms with Crippen molar-refractivity contribution in [3.05, 3.63) is 62.7 Å². The predicted molar refractivity (Wildman–Crippen MR) is 96.0 cm³/mol. The van der Waals surface area contributed by atoms with Crippen LogP contribution < -0.4 is 10.1 Å². The highest BCUT2D eigenvalue weighted by molar-refractivity contribution is 6.32. The number of ether oxygens (including phenoxy) is 1.